The van der Waals surface area contributed by atoms with Gasteiger partial charge in [0, 0.05) is 13.1 Å². The van der Waals surface area contributed by atoms with Crippen LogP contribution in [0.4, 0.5) is 5.82 Å². The van der Waals surface area contributed by atoms with E-state index in [1.165, 1.54) is 4.57 Å². The molecule has 0 aromatic carbocycles. The Hall–Kier alpha value is -1.85. The zero-order valence-electron chi connectivity index (χ0n) is 6.66. The van der Waals surface area contributed by atoms with E-state index in [4.69, 9.17) is 0 Å². The third-order valence-electron chi connectivity index (χ3n) is 1.98. The van der Waals surface area contributed by atoms with Gasteiger partial charge in [0.25, 0.3) is 5.56 Å². The fourth-order valence-electron chi connectivity index (χ4n) is 1.39. The van der Waals surface area contributed by atoms with Gasteiger partial charge in [-0.25, -0.2) is 4.79 Å². The summed E-state index contributed by atoms with van der Waals surface area (Å²) in [5, 5.41) is 2.81. The van der Waals surface area contributed by atoms with Crippen LogP contribution in [0.15, 0.2) is 9.59 Å². The lowest BCUT2D eigenvalue weighted by Crippen LogP contribution is -2.31. The van der Waals surface area contributed by atoms with Crippen LogP contribution in [-0.2, 0) is 6.54 Å². The smallest absolute Gasteiger partial charge is 0.330 e. The molecule has 2 N–H and O–H groups in total. The van der Waals surface area contributed by atoms with E-state index in [1.54, 1.807) is 0 Å². The van der Waals surface area contributed by atoms with Gasteiger partial charge in [0.1, 0.15) is 11.4 Å². The van der Waals surface area contributed by atoms with Crippen LogP contribution < -0.4 is 16.6 Å². The number of nitrogens with one attached hydrogen (secondary N) is 2. The Morgan fingerprint density at radius 1 is 1.38 bits per heavy atom. The first kappa shape index (κ1) is 7.78. The highest BCUT2D eigenvalue weighted by molar-refractivity contribution is 5.82. The van der Waals surface area contributed by atoms with Gasteiger partial charge in [0.15, 0.2) is 6.29 Å². The molecule has 2 heterocycles. The Morgan fingerprint density at radius 2 is 2.15 bits per heavy atom. The number of hydrogen-bond acceptors (Lipinski definition) is 4. The molecule has 0 bridgehead atoms. The SMILES string of the molecule is O=Cc1c2n(c(=O)[nH]c1=O)CCN2. The van der Waals surface area contributed by atoms with Crippen LogP contribution in [-0.4, -0.2) is 22.4 Å². The van der Waals surface area contributed by atoms with Gasteiger partial charge in [-0.3, -0.25) is 19.1 Å². The quantitative estimate of drug-likeness (QED) is 0.531. The maximum Gasteiger partial charge on any atom is 0.330 e. The largest absolute Gasteiger partial charge is 0.369 e. The number of carbonyl (C=O) groups excluding carboxylic acids is 1. The summed E-state index contributed by atoms with van der Waals surface area (Å²) in [4.78, 5) is 34.8. The van der Waals surface area contributed by atoms with E-state index in [0.717, 1.165) is 0 Å². The topological polar surface area (TPSA) is 84.0 Å². The van der Waals surface area contributed by atoms with Crippen molar-refractivity contribution in [2.75, 3.05) is 11.9 Å². The average Bonchev–Trinajstić information content (AvgIpc) is 2.53. The van der Waals surface area contributed by atoms with E-state index in [0.29, 0.717) is 25.2 Å². The number of hydrogen-bond donors (Lipinski definition) is 2. The highest BCUT2D eigenvalue weighted by atomic mass is 16.2. The molecule has 0 amide bonds. The summed E-state index contributed by atoms with van der Waals surface area (Å²) in [7, 11) is 0. The number of nitrogens with zero attached hydrogens (tertiary/aromatic N) is 1. The second-order valence-electron chi connectivity index (χ2n) is 2.72. The monoisotopic (exact) mass is 181 g/mol. The number of rotatable bonds is 1. The zero-order chi connectivity index (χ0) is 9.42. The number of aromatic nitrogens is 2. The van der Waals surface area contributed by atoms with Gasteiger partial charge in [0.2, 0.25) is 0 Å². The van der Waals surface area contributed by atoms with Gasteiger partial charge in [-0.15, -0.1) is 0 Å². The molecule has 1 aromatic rings. The Bertz CT molecular complexity index is 471. The van der Waals surface area contributed by atoms with E-state index < -0.39 is 11.2 Å². The number of aromatic amines is 1. The Kier molecular flexibility index (Phi) is 1.54. The second kappa shape index (κ2) is 2.58. The van der Waals surface area contributed by atoms with Crippen LogP contribution in [0.2, 0.25) is 0 Å². The van der Waals surface area contributed by atoms with Crippen molar-refractivity contribution in [2.24, 2.45) is 0 Å². The highest BCUT2D eigenvalue weighted by Gasteiger charge is 2.17. The van der Waals surface area contributed by atoms with Crippen LogP contribution >= 0.6 is 0 Å². The van der Waals surface area contributed by atoms with Gasteiger partial charge in [-0.2, -0.15) is 0 Å². The van der Waals surface area contributed by atoms with Crippen molar-refractivity contribution >= 4 is 12.1 Å². The standard InChI is InChI=1S/C7H7N3O3/c11-3-4-5-8-1-2-10(5)7(13)9-6(4)12/h3,8H,1-2H2,(H,9,12,13). The Morgan fingerprint density at radius 3 is 2.85 bits per heavy atom. The van der Waals surface area contributed by atoms with E-state index >= 15 is 0 Å². The predicted molar refractivity (Wildman–Crippen MR) is 45.2 cm³/mol. The molecule has 1 aromatic heterocycles. The summed E-state index contributed by atoms with van der Waals surface area (Å²) in [6.45, 7) is 1.04. The van der Waals surface area contributed by atoms with Crippen LogP contribution in [0.3, 0.4) is 0 Å². The number of fused-ring (bicyclic) bond motifs is 1. The molecule has 1 aliphatic heterocycles. The van der Waals surface area contributed by atoms with E-state index in [2.05, 4.69) is 10.3 Å². The molecule has 1 aliphatic rings. The maximum atomic E-state index is 11.2. The van der Waals surface area contributed by atoms with Crippen molar-refractivity contribution in [2.45, 2.75) is 6.54 Å². The minimum Gasteiger partial charge on any atom is -0.369 e. The first-order chi connectivity index (χ1) is 6.24. The van der Waals surface area contributed by atoms with Gasteiger partial charge < -0.3 is 5.32 Å². The molecule has 13 heavy (non-hydrogen) atoms. The van der Waals surface area contributed by atoms with Crippen molar-refractivity contribution in [1.82, 2.24) is 9.55 Å². The normalized spacial score (nSPS) is 13.5. The molecule has 0 spiro atoms. The molecule has 0 atom stereocenters. The van der Waals surface area contributed by atoms with Crippen molar-refractivity contribution in [3.63, 3.8) is 0 Å². The summed E-state index contributed by atoms with van der Waals surface area (Å²) < 4.78 is 1.34. The van der Waals surface area contributed by atoms with Gasteiger partial charge in [-0.1, -0.05) is 0 Å². The lowest BCUT2D eigenvalue weighted by molar-refractivity contribution is 0.112. The van der Waals surface area contributed by atoms with E-state index in [9.17, 15) is 14.4 Å². The summed E-state index contributed by atoms with van der Waals surface area (Å²) in [6, 6.07) is 0. The molecule has 0 radical (unpaired) electrons. The summed E-state index contributed by atoms with van der Waals surface area (Å²) in [5.74, 6) is 0.323. The molecule has 0 aliphatic carbocycles. The Balaban J connectivity index is 2.87. The molecule has 0 fully saturated rings. The minimum absolute atomic E-state index is 0.0166. The van der Waals surface area contributed by atoms with Crippen LogP contribution in [0.5, 0.6) is 0 Å². The Labute approximate surface area is 72.2 Å². The molecule has 68 valence electrons. The number of carbonyl (C=O) groups is 1. The molecular weight excluding hydrogens is 174 g/mol. The fraction of sp³-hybridized carbons (Fsp3) is 0.286. The highest BCUT2D eigenvalue weighted by Crippen LogP contribution is 2.11. The number of aldehydes is 1. The van der Waals surface area contributed by atoms with E-state index in [-0.39, 0.29) is 5.56 Å². The van der Waals surface area contributed by atoms with Crippen LogP contribution in [0.25, 0.3) is 0 Å². The average molecular weight is 181 g/mol. The number of H-pyrrole nitrogens is 1. The third kappa shape index (κ3) is 0.986. The summed E-state index contributed by atoms with van der Waals surface area (Å²) in [6.07, 6.45) is 0.447. The lowest BCUT2D eigenvalue weighted by atomic mass is 10.3. The van der Waals surface area contributed by atoms with Crippen molar-refractivity contribution < 1.29 is 4.79 Å². The second-order valence-corrected chi connectivity index (χ2v) is 2.72. The molecule has 0 unspecified atom stereocenters. The molecule has 2 rings (SSSR count). The summed E-state index contributed by atoms with van der Waals surface area (Å²) in [5.41, 5.74) is -1.13. The first-order valence-electron chi connectivity index (χ1n) is 3.80. The molecule has 6 heteroatoms. The van der Waals surface area contributed by atoms with Gasteiger partial charge in [-0.05, 0) is 0 Å². The van der Waals surface area contributed by atoms with Crippen LogP contribution in [0.1, 0.15) is 10.4 Å². The van der Waals surface area contributed by atoms with Crippen molar-refractivity contribution in [3.05, 3.63) is 26.4 Å². The third-order valence-corrected chi connectivity index (χ3v) is 1.98. The minimum atomic E-state index is -0.638. The lowest BCUT2D eigenvalue weighted by Gasteiger charge is -2.01. The van der Waals surface area contributed by atoms with E-state index in [1.807, 2.05) is 0 Å². The van der Waals surface area contributed by atoms with Gasteiger partial charge in [0.05, 0.1) is 0 Å². The maximum absolute atomic E-state index is 11.2. The molecule has 6 nitrogen and oxygen atoms in total. The van der Waals surface area contributed by atoms with Crippen molar-refractivity contribution in [1.29, 1.82) is 0 Å². The number of anilines is 1. The molecular formula is C7H7N3O3. The molecule has 0 saturated heterocycles. The first-order valence-corrected chi connectivity index (χ1v) is 3.80. The van der Waals surface area contributed by atoms with Gasteiger partial charge >= 0.3 is 5.69 Å². The molecule has 0 saturated carbocycles. The fourth-order valence-corrected chi connectivity index (χ4v) is 1.39. The summed E-state index contributed by atoms with van der Waals surface area (Å²) >= 11 is 0. The van der Waals surface area contributed by atoms with Crippen LogP contribution in [0, 0.1) is 0 Å². The zero-order valence-corrected chi connectivity index (χ0v) is 6.66. The van der Waals surface area contributed by atoms with Crippen molar-refractivity contribution in [3.8, 4) is 0 Å². The predicted octanol–water partition coefficient (Wildman–Crippen LogP) is -1.23.